The van der Waals surface area contributed by atoms with Crippen LogP contribution in [0.1, 0.15) is 50.5 Å². The summed E-state index contributed by atoms with van der Waals surface area (Å²) in [4.78, 5) is 12.3. The van der Waals surface area contributed by atoms with E-state index < -0.39 is 5.54 Å². The van der Waals surface area contributed by atoms with Gasteiger partial charge in [-0.05, 0) is 43.5 Å². The summed E-state index contributed by atoms with van der Waals surface area (Å²) in [5.74, 6) is -0.533. The zero-order valence-electron chi connectivity index (χ0n) is 12.9. The molecule has 1 saturated carbocycles. The summed E-state index contributed by atoms with van der Waals surface area (Å²) in [6.45, 7) is 1.84. The Balaban J connectivity index is 2.27. The molecule has 2 rings (SSSR count). The fourth-order valence-electron chi connectivity index (χ4n) is 3.17. The number of carbonyl (C=O) groups is 1. The molecule has 0 atom stereocenters. The van der Waals surface area contributed by atoms with Gasteiger partial charge in [-0.25, -0.2) is 9.18 Å². The lowest BCUT2D eigenvalue weighted by atomic mass is 9.83. The molecule has 116 valence electrons. The van der Waals surface area contributed by atoms with Crippen molar-refractivity contribution in [1.82, 2.24) is 0 Å². The highest BCUT2D eigenvalue weighted by atomic mass is 19.1. The summed E-state index contributed by atoms with van der Waals surface area (Å²) in [7, 11) is 1.42. The maximum atomic E-state index is 13.6. The van der Waals surface area contributed by atoms with Crippen molar-refractivity contribution < 1.29 is 13.9 Å². The molecule has 3 nitrogen and oxygen atoms in total. The average molecular weight is 293 g/mol. The van der Waals surface area contributed by atoms with Crippen LogP contribution < -0.4 is 5.32 Å². The van der Waals surface area contributed by atoms with Crippen LogP contribution in [-0.4, -0.2) is 18.6 Å². The van der Waals surface area contributed by atoms with E-state index in [1.807, 2.05) is 13.0 Å². The largest absolute Gasteiger partial charge is 0.467 e. The first-order valence-corrected chi connectivity index (χ1v) is 7.69. The first-order valence-electron chi connectivity index (χ1n) is 7.69. The molecule has 0 radical (unpaired) electrons. The highest BCUT2D eigenvalue weighted by molar-refractivity contribution is 5.84. The van der Waals surface area contributed by atoms with Crippen LogP contribution in [0.4, 0.5) is 10.1 Å². The standard InChI is InChI=1S/C17H24FNO2/c1-13-10-14(18)12-15(11-13)19-17(16(20)21-2)8-6-4-3-5-7-9-17/h10-12,19H,3-9H2,1-2H3. The summed E-state index contributed by atoms with van der Waals surface area (Å²) in [6.07, 6.45) is 6.90. The minimum Gasteiger partial charge on any atom is -0.467 e. The molecule has 0 amide bonds. The molecule has 0 aromatic heterocycles. The maximum Gasteiger partial charge on any atom is 0.331 e. The van der Waals surface area contributed by atoms with E-state index >= 15 is 0 Å². The molecule has 1 aliphatic carbocycles. The van der Waals surface area contributed by atoms with Crippen molar-refractivity contribution in [2.24, 2.45) is 0 Å². The molecular formula is C17H24FNO2. The van der Waals surface area contributed by atoms with Crippen molar-refractivity contribution in [2.75, 3.05) is 12.4 Å². The van der Waals surface area contributed by atoms with Gasteiger partial charge in [-0.15, -0.1) is 0 Å². The number of esters is 1. The van der Waals surface area contributed by atoms with Crippen LogP contribution in [0.3, 0.4) is 0 Å². The van der Waals surface area contributed by atoms with E-state index in [2.05, 4.69) is 5.32 Å². The van der Waals surface area contributed by atoms with Crippen molar-refractivity contribution in [3.63, 3.8) is 0 Å². The van der Waals surface area contributed by atoms with Gasteiger partial charge in [-0.3, -0.25) is 0 Å². The second-order valence-electron chi connectivity index (χ2n) is 5.98. The van der Waals surface area contributed by atoms with E-state index in [0.717, 1.165) is 44.1 Å². The molecular weight excluding hydrogens is 269 g/mol. The summed E-state index contributed by atoms with van der Waals surface area (Å²) in [5, 5.41) is 3.28. The van der Waals surface area contributed by atoms with E-state index in [1.54, 1.807) is 0 Å². The number of hydrogen-bond donors (Lipinski definition) is 1. The van der Waals surface area contributed by atoms with E-state index in [4.69, 9.17) is 4.74 Å². The Morgan fingerprint density at radius 3 is 2.33 bits per heavy atom. The minimum atomic E-state index is -0.727. The number of aryl methyl sites for hydroxylation is 1. The number of hydrogen-bond acceptors (Lipinski definition) is 3. The first-order chi connectivity index (χ1) is 10.1. The molecule has 1 fully saturated rings. The number of nitrogens with one attached hydrogen (secondary N) is 1. The van der Waals surface area contributed by atoms with Crippen molar-refractivity contribution >= 4 is 11.7 Å². The Kier molecular flexibility index (Phi) is 5.21. The van der Waals surface area contributed by atoms with Gasteiger partial charge >= 0.3 is 5.97 Å². The molecule has 1 aromatic rings. The molecule has 1 aromatic carbocycles. The monoisotopic (exact) mass is 293 g/mol. The van der Waals surface area contributed by atoms with E-state index in [9.17, 15) is 9.18 Å². The van der Waals surface area contributed by atoms with Crippen molar-refractivity contribution in [2.45, 2.75) is 57.4 Å². The zero-order chi connectivity index (χ0) is 15.3. The molecule has 0 bridgehead atoms. The number of halogens is 1. The number of methoxy groups -OCH3 is 1. The Hall–Kier alpha value is -1.58. The van der Waals surface area contributed by atoms with Gasteiger partial charge in [0, 0.05) is 5.69 Å². The summed E-state index contributed by atoms with van der Waals surface area (Å²) in [5.41, 5.74) is 0.761. The van der Waals surface area contributed by atoms with Gasteiger partial charge in [-0.1, -0.05) is 32.1 Å². The van der Waals surface area contributed by atoms with Crippen molar-refractivity contribution in [3.8, 4) is 0 Å². The van der Waals surface area contributed by atoms with Gasteiger partial charge in [0.1, 0.15) is 11.4 Å². The molecule has 21 heavy (non-hydrogen) atoms. The van der Waals surface area contributed by atoms with E-state index in [0.29, 0.717) is 5.69 Å². The van der Waals surface area contributed by atoms with Gasteiger partial charge in [-0.2, -0.15) is 0 Å². The molecule has 0 aliphatic heterocycles. The third-order valence-corrected chi connectivity index (χ3v) is 4.21. The predicted octanol–water partition coefficient (Wildman–Crippen LogP) is 4.20. The fourth-order valence-corrected chi connectivity index (χ4v) is 3.17. The SMILES string of the molecule is COC(=O)C1(Nc2cc(C)cc(F)c2)CCCCCCC1. The smallest absolute Gasteiger partial charge is 0.331 e. The van der Waals surface area contributed by atoms with Crippen LogP contribution in [-0.2, 0) is 9.53 Å². The van der Waals surface area contributed by atoms with Gasteiger partial charge in [0.05, 0.1) is 7.11 Å². The molecule has 0 saturated heterocycles. The average Bonchev–Trinajstić information content (AvgIpc) is 2.40. The summed E-state index contributed by atoms with van der Waals surface area (Å²) < 4.78 is 18.6. The predicted molar refractivity (Wildman–Crippen MR) is 81.8 cm³/mol. The second-order valence-corrected chi connectivity index (χ2v) is 5.98. The second kappa shape index (κ2) is 6.92. The van der Waals surface area contributed by atoms with Crippen molar-refractivity contribution in [3.05, 3.63) is 29.6 Å². The van der Waals surface area contributed by atoms with E-state index in [1.165, 1.54) is 25.7 Å². The Morgan fingerprint density at radius 2 is 1.76 bits per heavy atom. The quantitative estimate of drug-likeness (QED) is 0.849. The van der Waals surface area contributed by atoms with Gasteiger partial charge in [0.15, 0.2) is 0 Å². The number of carbonyl (C=O) groups excluding carboxylic acids is 1. The third kappa shape index (κ3) is 3.96. The summed E-state index contributed by atoms with van der Waals surface area (Å²) >= 11 is 0. The zero-order valence-corrected chi connectivity index (χ0v) is 12.9. The van der Waals surface area contributed by atoms with Crippen LogP contribution in [0.25, 0.3) is 0 Å². The first kappa shape index (κ1) is 15.8. The Labute approximate surface area is 125 Å². The molecule has 4 heteroatoms. The lowest BCUT2D eigenvalue weighted by Gasteiger charge is -2.34. The van der Waals surface area contributed by atoms with Crippen LogP contribution in [0.2, 0.25) is 0 Å². The number of anilines is 1. The topological polar surface area (TPSA) is 38.3 Å². The van der Waals surface area contributed by atoms with Gasteiger partial charge < -0.3 is 10.1 Å². The number of benzene rings is 1. The molecule has 1 N–H and O–H groups in total. The van der Waals surface area contributed by atoms with Crippen LogP contribution >= 0.6 is 0 Å². The minimum absolute atomic E-state index is 0.244. The van der Waals surface area contributed by atoms with E-state index in [-0.39, 0.29) is 11.8 Å². The third-order valence-electron chi connectivity index (χ3n) is 4.21. The summed E-state index contributed by atoms with van der Waals surface area (Å²) in [6, 6.07) is 4.79. The normalized spacial score (nSPS) is 18.4. The van der Waals surface area contributed by atoms with Crippen LogP contribution in [0.15, 0.2) is 18.2 Å². The highest BCUT2D eigenvalue weighted by Crippen LogP contribution is 2.31. The molecule has 0 heterocycles. The number of ether oxygens (including phenoxy) is 1. The molecule has 0 unspecified atom stereocenters. The van der Waals surface area contributed by atoms with Crippen molar-refractivity contribution in [1.29, 1.82) is 0 Å². The Morgan fingerprint density at radius 1 is 1.14 bits per heavy atom. The fraction of sp³-hybridized carbons (Fsp3) is 0.588. The van der Waals surface area contributed by atoms with Crippen LogP contribution in [0.5, 0.6) is 0 Å². The highest BCUT2D eigenvalue weighted by Gasteiger charge is 2.39. The van der Waals surface area contributed by atoms with Crippen LogP contribution in [0, 0.1) is 12.7 Å². The van der Waals surface area contributed by atoms with Gasteiger partial charge in [0.25, 0.3) is 0 Å². The maximum absolute atomic E-state index is 13.6. The number of rotatable bonds is 3. The lowest BCUT2D eigenvalue weighted by molar-refractivity contribution is -0.146. The van der Waals surface area contributed by atoms with Gasteiger partial charge in [0.2, 0.25) is 0 Å². The molecule has 1 aliphatic rings. The lowest BCUT2D eigenvalue weighted by Crippen LogP contribution is -2.47. The Bertz CT molecular complexity index is 473. The molecule has 0 spiro atoms.